The maximum absolute atomic E-state index is 13.2. The molecule has 0 bridgehead atoms. The van der Waals surface area contributed by atoms with Crippen molar-refractivity contribution < 1.29 is 22.7 Å². The van der Waals surface area contributed by atoms with Gasteiger partial charge in [-0.15, -0.1) is 0 Å². The number of phenols is 1. The number of benzene rings is 2. The first-order chi connectivity index (χ1) is 14.4. The highest BCUT2D eigenvalue weighted by Gasteiger charge is 2.28. The van der Waals surface area contributed by atoms with Crippen molar-refractivity contribution in [2.24, 2.45) is 0 Å². The van der Waals surface area contributed by atoms with E-state index in [1.807, 2.05) is 0 Å². The zero-order valence-electron chi connectivity index (χ0n) is 16.3. The molecule has 1 saturated heterocycles. The SMILES string of the molecule is O=C(c1ccc(N2CCCS2(=O)=O)cc1)N(Cc1ccco1)Cc1ccccc1O. The molecule has 0 radical (unpaired) electrons. The molecule has 1 aromatic heterocycles. The van der Waals surface area contributed by atoms with Crippen molar-refractivity contribution in [1.82, 2.24) is 4.90 Å². The third kappa shape index (κ3) is 4.18. The van der Waals surface area contributed by atoms with Crippen molar-refractivity contribution >= 4 is 21.6 Å². The lowest BCUT2D eigenvalue weighted by Gasteiger charge is -2.23. The molecule has 156 valence electrons. The van der Waals surface area contributed by atoms with Crippen LogP contribution in [0.4, 0.5) is 5.69 Å². The second-order valence-corrected chi connectivity index (χ2v) is 9.17. The predicted octanol–water partition coefficient (Wildman–Crippen LogP) is 3.37. The number of hydrogen-bond donors (Lipinski definition) is 1. The molecule has 0 unspecified atom stereocenters. The number of rotatable bonds is 6. The highest BCUT2D eigenvalue weighted by Crippen LogP contribution is 2.25. The van der Waals surface area contributed by atoms with Gasteiger partial charge in [0.1, 0.15) is 11.5 Å². The van der Waals surface area contributed by atoms with Gasteiger partial charge in [-0.25, -0.2) is 8.42 Å². The van der Waals surface area contributed by atoms with E-state index < -0.39 is 10.0 Å². The van der Waals surface area contributed by atoms with Crippen LogP contribution in [-0.4, -0.2) is 36.6 Å². The van der Waals surface area contributed by atoms with E-state index in [-0.39, 0.29) is 30.5 Å². The summed E-state index contributed by atoms with van der Waals surface area (Å²) in [5, 5.41) is 10.1. The topological polar surface area (TPSA) is 91.1 Å². The molecule has 0 saturated carbocycles. The van der Waals surface area contributed by atoms with Gasteiger partial charge in [0.15, 0.2) is 0 Å². The van der Waals surface area contributed by atoms with Crippen LogP contribution in [0.5, 0.6) is 5.75 Å². The highest BCUT2D eigenvalue weighted by molar-refractivity contribution is 7.93. The van der Waals surface area contributed by atoms with Gasteiger partial charge in [-0.05, 0) is 48.9 Å². The molecule has 0 atom stereocenters. The first kappa shape index (κ1) is 20.0. The van der Waals surface area contributed by atoms with Crippen molar-refractivity contribution in [2.45, 2.75) is 19.5 Å². The molecule has 1 fully saturated rings. The Morgan fingerprint density at radius 2 is 1.80 bits per heavy atom. The maximum Gasteiger partial charge on any atom is 0.254 e. The Hall–Kier alpha value is -3.26. The molecular formula is C22H22N2O5S. The molecule has 0 aliphatic carbocycles. The van der Waals surface area contributed by atoms with Gasteiger partial charge in [0.05, 0.1) is 30.8 Å². The number of carbonyl (C=O) groups excluding carboxylic acids is 1. The number of phenolic OH excluding ortho intramolecular Hbond substituents is 1. The van der Waals surface area contributed by atoms with Crippen LogP contribution in [0.25, 0.3) is 0 Å². The fourth-order valence-corrected chi connectivity index (χ4v) is 5.09. The number of anilines is 1. The standard InChI is InChI=1S/C22H22N2O5S/c25-21-7-2-1-5-18(21)15-23(16-20-6-3-13-29-20)22(26)17-8-10-19(11-9-17)24-12-4-14-30(24,27)28/h1-3,5-11,13,25H,4,12,14-16H2. The molecule has 0 spiro atoms. The molecule has 8 heteroatoms. The summed E-state index contributed by atoms with van der Waals surface area (Å²) in [7, 11) is -3.27. The van der Waals surface area contributed by atoms with Gasteiger partial charge < -0.3 is 14.4 Å². The van der Waals surface area contributed by atoms with E-state index in [9.17, 15) is 18.3 Å². The first-order valence-corrected chi connectivity index (χ1v) is 11.2. The fourth-order valence-electron chi connectivity index (χ4n) is 3.52. The molecule has 7 nitrogen and oxygen atoms in total. The summed E-state index contributed by atoms with van der Waals surface area (Å²) < 4.78 is 31.0. The Morgan fingerprint density at radius 3 is 2.43 bits per heavy atom. The predicted molar refractivity (Wildman–Crippen MR) is 113 cm³/mol. The monoisotopic (exact) mass is 426 g/mol. The maximum atomic E-state index is 13.2. The van der Waals surface area contributed by atoms with Crippen LogP contribution in [0.3, 0.4) is 0 Å². The first-order valence-electron chi connectivity index (χ1n) is 9.63. The van der Waals surface area contributed by atoms with E-state index in [0.717, 1.165) is 0 Å². The molecule has 3 aromatic rings. The Labute approximate surface area is 175 Å². The summed E-state index contributed by atoms with van der Waals surface area (Å²) in [6.45, 7) is 0.893. The average molecular weight is 426 g/mol. The van der Waals surface area contributed by atoms with Gasteiger partial charge in [-0.3, -0.25) is 9.10 Å². The van der Waals surface area contributed by atoms with Crippen molar-refractivity contribution in [3.63, 3.8) is 0 Å². The largest absolute Gasteiger partial charge is 0.508 e. The minimum atomic E-state index is -3.27. The molecular weight excluding hydrogens is 404 g/mol. The number of furan rings is 1. The molecule has 1 aliphatic heterocycles. The van der Waals surface area contributed by atoms with E-state index in [0.29, 0.717) is 35.5 Å². The van der Waals surface area contributed by atoms with E-state index in [4.69, 9.17) is 4.42 Å². The van der Waals surface area contributed by atoms with Crippen LogP contribution in [0.15, 0.2) is 71.3 Å². The zero-order valence-corrected chi connectivity index (χ0v) is 17.1. The van der Waals surface area contributed by atoms with Gasteiger partial charge >= 0.3 is 0 Å². The normalized spacial score (nSPS) is 15.3. The molecule has 1 amide bonds. The summed E-state index contributed by atoms with van der Waals surface area (Å²) in [6, 6.07) is 17.0. The summed E-state index contributed by atoms with van der Waals surface area (Å²) >= 11 is 0. The molecule has 30 heavy (non-hydrogen) atoms. The number of amides is 1. The van der Waals surface area contributed by atoms with Crippen LogP contribution >= 0.6 is 0 Å². The number of sulfonamides is 1. The Balaban J connectivity index is 1.58. The summed E-state index contributed by atoms with van der Waals surface area (Å²) in [5.41, 5.74) is 1.61. The summed E-state index contributed by atoms with van der Waals surface area (Å²) in [6.07, 6.45) is 2.14. The van der Waals surface area contributed by atoms with Gasteiger partial charge in [0.25, 0.3) is 5.91 Å². The number of carbonyl (C=O) groups is 1. The van der Waals surface area contributed by atoms with E-state index >= 15 is 0 Å². The van der Waals surface area contributed by atoms with E-state index in [2.05, 4.69) is 0 Å². The van der Waals surface area contributed by atoms with Crippen LogP contribution < -0.4 is 4.31 Å². The lowest BCUT2D eigenvalue weighted by molar-refractivity contribution is 0.0716. The Bertz CT molecular complexity index is 1120. The van der Waals surface area contributed by atoms with Gasteiger partial charge in [0.2, 0.25) is 10.0 Å². The van der Waals surface area contributed by atoms with Crippen LogP contribution in [-0.2, 0) is 23.1 Å². The molecule has 4 rings (SSSR count). The fraction of sp³-hybridized carbons (Fsp3) is 0.227. The lowest BCUT2D eigenvalue weighted by Crippen LogP contribution is -2.30. The van der Waals surface area contributed by atoms with Crippen LogP contribution in [0, 0.1) is 0 Å². The average Bonchev–Trinajstić information content (AvgIpc) is 3.37. The number of hydrogen-bond acceptors (Lipinski definition) is 5. The summed E-state index contributed by atoms with van der Waals surface area (Å²) in [5.74, 6) is 0.638. The Morgan fingerprint density at radius 1 is 1.03 bits per heavy atom. The van der Waals surface area contributed by atoms with E-state index in [1.165, 1.54) is 4.31 Å². The zero-order chi connectivity index (χ0) is 21.1. The Kier molecular flexibility index (Phi) is 5.50. The van der Waals surface area contributed by atoms with E-state index in [1.54, 1.807) is 71.8 Å². The molecule has 1 aliphatic rings. The van der Waals surface area contributed by atoms with Gasteiger partial charge in [-0.1, -0.05) is 18.2 Å². The van der Waals surface area contributed by atoms with Crippen molar-refractivity contribution in [3.05, 3.63) is 83.8 Å². The van der Waals surface area contributed by atoms with Crippen LogP contribution in [0.1, 0.15) is 28.1 Å². The second-order valence-electron chi connectivity index (χ2n) is 7.16. The van der Waals surface area contributed by atoms with Gasteiger partial charge in [0, 0.05) is 17.7 Å². The minimum absolute atomic E-state index is 0.115. The third-order valence-corrected chi connectivity index (χ3v) is 6.94. The number of para-hydroxylation sites is 1. The summed E-state index contributed by atoms with van der Waals surface area (Å²) in [4.78, 5) is 14.8. The van der Waals surface area contributed by atoms with Crippen molar-refractivity contribution in [3.8, 4) is 5.75 Å². The number of nitrogens with zero attached hydrogens (tertiary/aromatic N) is 2. The third-order valence-electron chi connectivity index (χ3n) is 5.07. The minimum Gasteiger partial charge on any atom is -0.508 e. The van der Waals surface area contributed by atoms with Crippen molar-refractivity contribution in [1.29, 1.82) is 0 Å². The van der Waals surface area contributed by atoms with Crippen molar-refractivity contribution in [2.75, 3.05) is 16.6 Å². The number of aromatic hydroxyl groups is 1. The van der Waals surface area contributed by atoms with Crippen LogP contribution in [0.2, 0.25) is 0 Å². The smallest absolute Gasteiger partial charge is 0.254 e. The second kappa shape index (κ2) is 8.23. The molecule has 2 heterocycles. The lowest BCUT2D eigenvalue weighted by atomic mass is 10.1. The quantitative estimate of drug-likeness (QED) is 0.653. The van der Waals surface area contributed by atoms with Gasteiger partial charge in [-0.2, -0.15) is 0 Å². The highest BCUT2D eigenvalue weighted by atomic mass is 32.2. The molecule has 1 N–H and O–H groups in total. The molecule has 2 aromatic carbocycles.